The van der Waals surface area contributed by atoms with E-state index in [2.05, 4.69) is 10.1 Å². The highest BCUT2D eigenvalue weighted by Gasteiger charge is 2.12. The normalized spacial score (nSPS) is 10.0. The first-order valence-corrected chi connectivity index (χ1v) is 7.95. The van der Waals surface area contributed by atoms with Crippen LogP contribution in [0.3, 0.4) is 0 Å². The van der Waals surface area contributed by atoms with E-state index in [1.165, 1.54) is 25.3 Å². The zero-order chi connectivity index (χ0) is 18.2. The summed E-state index contributed by atoms with van der Waals surface area (Å²) in [4.78, 5) is 23.7. The van der Waals surface area contributed by atoms with Crippen LogP contribution < -0.4 is 14.8 Å². The minimum Gasteiger partial charge on any atom is -0.490 e. The summed E-state index contributed by atoms with van der Waals surface area (Å²) in [6, 6.07) is 11.5. The standard InChI is InChI=1S/C18H18ClNO5/c1-3-24-15-6-4-5-7-16(15)25-11-17(21)20-14-10-12(18(22)23-2)8-9-13(14)19/h4-10H,3,11H2,1-2H3,(H,20,21). The number of ether oxygens (including phenoxy) is 3. The molecule has 2 aromatic carbocycles. The largest absolute Gasteiger partial charge is 0.490 e. The van der Waals surface area contributed by atoms with E-state index < -0.39 is 11.9 Å². The predicted octanol–water partition coefficient (Wildman–Crippen LogP) is 3.54. The van der Waals surface area contributed by atoms with Crippen LogP contribution in [0.1, 0.15) is 17.3 Å². The van der Waals surface area contributed by atoms with E-state index in [1.807, 2.05) is 13.0 Å². The predicted molar refractivity (Wildman–Crippen MR) is 94.5 cm³/mol. The third-order valence-corrected chi connectivity index (χ3v) is 3.50. The van der Waals surface area contributed by atoms with Crippen LogP contribution in [0.15, 0.2) is 42.5 Å². The molecule has 25 heavy (non-hydrogen) atoms. The van der Waals surface area contributed by atoms with Gasteiger partial charge in [-0.25, -0.2) is 4.79 Å². The number of benzene rings is 2. The van der Waals surface area contributed by atoms with Gasteiger partial charge in [-0.2, -0.15) is 0 Å². The van der Waals surface area contributed by atoms with Crippen molar-refractivity contribution >= 4 is 29.2 Å². The van der Waals surface area contributed by atoms with Gasteiger partial charge in [0.2, 0.25) is 0 Å². The molecule has 0 saturated heterocycles. The van der Waals surface area contributed by atoms with Crippen molar-refractivity contribution in [3.05, 3.63) is 53.1 Å². The van der Waals surface area contributed by atoms with Crippen molar-refractivity contribution in [1.82, 2.24) is 0 Å². The summed E-state index contributed by atoms with van der Waals surface area (Å²) in [6.07, 6.45) is 0. The molecule has 0 aromatic heterocycles. The Hall–Kier alpha value is -2.73. The zero-order valence-electron chi connectivity index (χ0n) is 13.9. The van der Waals surface area contributed by atoms with Crippen LogP contribution in [0.5, 0.6) is 11.5 Å². The number of carbonyl (C=O) groups excluding carboxylic acids is 2. The molecule has 7 heteroatoms. The molecular weight excluding hydrogens is 346 g/mol. The van der Waals surface area contributed by atoms with Crippen LogP contribution in [0.25, 0.3) is 0 Å². The lowest BCUT2D eigenvalue weighted by atomic mass is 10.2. The highest BCUT2D eigenvalue weighted by molar-refractivity contribution is 6.33. The lowest BCUT2D eigenvalue weighted by Gasteiger charge is -2.12. The van der Waals surface area contributed by atoms with Crippen molar-refractivity contribution in [2.75, 3.05) is 25.6 Å². The van der Waals surface area contributed by atoms with Gasteiger partial charge in [-0.15, -0.1) is 0 Å². The average Bonchev–Trinajstić information content (AvgIpc) is 2.62. The second kappa shape index (κ2) is 8.94. The number of rotatable bonds is 7. The Labute approximate surface area is 150 Å². The lowest BCUT2D eigenvalue weighted by molar-refractivity contribution is -0.118. The number of amides is 1. The number of carbonyl (C=O) groups is 2. The summed E-state index contributed by atoms with van der Waals surface area (Å²) >= 11 is 6.04. The molecule has 2 aromatic rings. The van der Waals surface area contributed by atoms with E-state index >= 15 is 0 Å². The highest BCUT2D eigenvalue weighted by Crippen LogP contribution is 2.27. The van der Waals surface area contributed by atoms with Crippen molar-refractivity contribution in [2.24, 2.45) is 0 Å². The first-order chi connectivity index (χ1) is 12.0. The Bertz CT molecular complexity index is 763. The van der Waals surface area contributed by atoms with Gasteiger partial charge in [-0.3, -0.25) is 4.79 Å². The molecular formula is C18H18ClNO5. The van der Waals surface area contributed by atoms with Gasteiger partial charge < -0.3 is 19.5 Å². The van der Waals surface area contributed by atoms with E-state index in [0.717, 1.165) is 0 Å². The summed E-state index contributed by atoms with van der Waals surface area (Å²) in [6.45, 7) is 2.12. The van der Waals surface area contributed by atoms with Crippen LogP contribution in [-0.2, 0) is 9.53 Å². The second-order valence-electron chi connectivity index (χ2n) is 4.90. The topological polar surface area (TPSA) is 73.9 Å². The van der Waals surface area contributed by atoms with Crippen LogP contribution in [-0.4, -0.2) is 32.2 Å². The fraction of sp³-hybridized carbons (Fsp3) is 0.222. The Morgan fingerprint density at radius 2 is 1.76 bits per heavy atom. The minimum absolute atomic E-state index is 0.233. The fourth-order valence-corrected chi connectivity index (χ4v) is 2.20. The third kappa shape index (κ3) is 5.12. The highest BCUT2D eigenvalue weighted by atomic mass is 35.5. The molecule has 0 radical (unpaired) electrons. The molecule has 0 heterocycles. The third-order valence-electron chi connectivity index (χ3n) is 3.17. The summed E-state index contributed by atoms with van der Waals surface area (Å²) in [5, 5.41) is 2.91. The monoisotopic (exact) mass is 363 g/mol. The molecule has 1 amide bonds. The molecule has 132 valence electrons. The van der Waals surface area contributed by atoms with Gasteiger partial charge in [0.25, 0.3) is 5.91 Å². The van der Waals surface area contributed by atoms with Crippen LogP contribution in [0.4, 0.5) is 5.69 Å². The summed E-state index contributed by atoms with van der Waals surface area (Å²) in [5.74, 6) is 0.0849. The quantitative estimate of drug-likeness (QED) is 0.761. The Balaban J connectivity index is 2.02. The van der Waals surface area contributed by atoms with E-state index in [1.54, 1.807) is 18.2 Å². The molecule has 2 rings (SSSR count). The summed E-state index contributed by atoms with van der Waals surface area (Å²) < 4.78 is 15.6. The van der Waals surface area contributed by atoms with Gasteiger partial charge >= 0.3 is 5.97 Å². The van der Waals surface area contributed by atoms with Crippen LogP contribution >= 0.6 is 11.6 Å². The minimum atomic E-state index is -0.519. The Morgan fingerprint density at radius 1 is 1.08 bits per heavy atom. The van der Waals surface area contributed by atoms with Gasteiger partial charge in [-0.05, 0) is 37.3 Å². The molecule has 0 atom stereocenters. The van der Waals surface area contributed by atoms with Crippen LogP contribution in [0, 0.1) is 0 Å². The van der Waals surface area contributed by atoms with Gasteiger partial charge in [0.05, 0.1) is 30.0 Å². The number of anilines is 1. The van der Waals surface area contributed by atoms with Crippen molar-refractivity contribution in [1.29, 1.82) is 0 Å². The van der Waals surface area contributed by atoms with E-state index in [-0.39, 0.29) is 12.2 Å². The second-order valence-corrected chi connectivity index (χ2v) is 5.31. The first-order valence-electron chi connectivity index (χ1n) is 7.57. The fourth-order valence-electron chi connectivity index (χ4n) is 2.04. The molecule has 0 aliphatic heterocycles. The molecule has 0 spiro atoms. The van der Waals surface area contributed by atoms with Gasteiger partial charge in [-0.1, -0.05) is 23.7 Å². The smallest absolute Gasteiger partial charge is 0.337 e. The maximum Gasteiger partial charge on any atom is 0.337 e. The number of methoxy groups -OCH3 is 1. The number of nitrogens with one attached hydrogen (secondary N) is 1. The lowest BCUT2D eigenvalue weighted by Crippen LogP contribution is -2.21. The van der Waals surface area contributed by atoms with E-state index in [9.17, 15) is 9.59 Å². The Kier molecular flexibility index (Phi) is 6.65. The van der Waals surface area contributed by atoms with Gasteiger partial charge in [0.15, 0.2) is 18.1 Å². The number of esters is 1. The van der Waals surface area contributed by atoms with Crippen molar-refractivity contribution < 1.29 is 23.8 Å². The van der Waals surface area contributed by atoms with Crippen LogP contribution in [0.2, 0.25) is 5.02 Å². The van der Waals surface area contributed by atoms with Crippen molar-refractivity contribution in [3.8, 4) is 11.5 Å². The molecule has 0 aliphatic rings. The number of hydrogen-bond donors (Lipinski definition) is 1. The number of para-hydroxylation sites is 2. The van der Waals surface area contributed by atoms with E-state index in [0.29, 0.717) is 28.8 Å². The first kappa shape index (κ1) is 18.6. The molecule has 6 nitrogen and oxygen atoms in total. The Morgan fingerprint density at radius 3 is 2.40 bits per heavy atom. The zero-order valence-corrected chi connectivity index (χ0v) is 14.6. The molecule has 0 bridgehead atoms. The molecule has 0 aliphatic carbocycles. The molecule has 1 N–H and O–H groups in total. The SMILES string of the molecule is CCOc1ccccc1OCC(=O)Nc1cc(C(=O)OC)ccc1Cl. The maximum atomic E-state index is 12.1. The number of halogens is 1. The summed E-state index contributed by atoms with van der Waals surface area (Å²) in [5.41, 5.74) is 0.584. The van der Waals surface area contributed by atoms with Gasteiger partial charge in [0, 0.05) is 0 Å². The number of hydrogen-bond acceptors (Lipinski definition) is 5. The maximum absolute atomic E-state index is 12.1. The molecule has 0 fully saturated rings. The summed E-state index contributed by atoms with van der Waals surface area (Å²) in [7, 11) is 1.28. The van der Waals surface area contributed by atoms with Crippen molar-refractivity contribution in [3.63, 3.8) is 0 Å². The van der Waals surface area contributed by atoms with Crippen molar-refractivity contribution in [2.45, 2.75) is 6.92 Å². The average molecular weight is 364 g/mol. The van der Waals surface area contributed by atoms with E-state index in [4.69, 9.17) is 21.1 Å². The molecule has 0 saturated carbocycles. The van der Waals surface area contributed by atoms with Gasteiger partial charge in [0.1, 0.15) is 0 Å². The molecule has 0 unspecified atom stereocenters.